The van der Waals surface area contributed by atoms with Crippen molar-refractivity contribution in [2.75, 3.05) is 0 Å². The van der Waals surface area contributed by atoms with Gasteiger partial charge in [-0.15, -0.1) is 21.9 Å². The lowest BCUT2D eigenvalue weighted by molar-refractivity contribution is -0.691. The molecule has 0 unspecified atom stereocenters. The first-order chi connectivity index (χ1) is 28.5. The van der Waals surface area contributed by atoms with Crippen LogP contribution in [0.2, 0.25) is 0 Å². The summed E-state index contributed by atoms with van der Waals surface area (Å²) in [6.45, 7) is 0.601. The molecule has 0 atom stereocenters. The van der Waals surface area contributed by atoms with Crippen molar-refractivity contribution in [1.82, 2.24) is 4.98 Å². The molecule has 5 aromatic carbocycles. The topological polar surface area (TPSA) is 59.9 Å². The van der Waals surface area contributed by atoms with Gasteiger partial charge in [0.05, 0.1) is 0 Å². The van der Waals surface area contributed by atoms with Crippen molar-refractivity contribution in [1.29, 1.82) is 0 Å². The van der Waals surface area contributed by atoms with Gasteiger partial charge in [-0.1, -0.05) is 30.3 Å². The van der Waals surface area contributed by atoms with E-state index in [0.717, 1.165) is 5.56 Å². The van der Waals surface area contributed by atoms with Gasteiger partial charge >= 0.3 is 5.82 Å². The minimum absolute atomic E-state index is 0.140. The molecule has 0 aliphatic rings. The Morgan fingerprint density at radius 2 is 0.705 bits per heavy atom. The predicted molar refractivity (Wildman–Crippen MR) is 166 cm³/mol. The zero-order valence-corrected chi connectivity index (χ0v) is 28.6. The van der Waals surface area contributed by atoms with E-state index < -0.39 is 149 Å². The molecule has 0 spiro atoms. The Morgan fingerprint density at radius 1 is 0.443 bits per heavy atom. The van der Waals surface area contributed by atoms with Crippen LogP contribution in [0.25, 0.3) is 0 Å². The third-order valence-corrected chi connectivity index (χ3v) is 8.85. The Labute approximate surface area is 323 Å². The van der Waals surface area contributed by atoms with Gasteiger partial charge in [0, 0.05) is 5.56 Å². The molecule has 0 N–H and O–H groups in total. The van der Waals surface area contributed by atoms with Crippen LogP contribution in [0.5, 0.6) is 0 Å². The van der Waals surface area contributed by atoms with Crippen LogP contribution in [0.1, 0.15) is 5.56 Å². The molecular weight excluding hydrogens is 885 g/mol. The summed E-state index contributed by atoms with van der Waals surface area (Å²) in [4.78, 5) is 13.7. The van der Waals surface area contributed by atoms with E-state index in [-0.39, 0.29) is 5.82 Å². The maximum atomic E-state index is 15.4. The minimum Gasteiger partial charge on any atom is -0.358 e. The molecule has 0 bridgehead atoms. The molecule has 61 heavy (non-hydrogen) atoms. The summed E-state index contributed by atoms with van der Waals surface area (Å²) in [6.07, 6.45) is -2.65. The highest BCUT2D eigenvalue weighted by Crippen LogP contribution is 2.30. The van der Waals surface area contributed by atoms with Crippen molar-refractivity contribution in [2.24, 2.45) is 0 Å². The number of aromatic nitrogens is 2. The van der Waals surface area contributed by atoms with Gasteiger partial charge in [0.25, 0.3) is 6.20 Å². The molecule has 0 aliphatic heterocycles. The molecule has 0 saturated carbocycles. The van der Waals surface area contributed by atoms with Crippen molar-refractivity contribution in [3.63, 3.8) is 0 Å². The quantitative estimate of drug-likeness (QED) is 0.0325. The maximum Gasteiger partial charge on any atom is 0.428 e. The number of hydrogen-bond acceptors (Lipinski definition) is 3. The number of nitro groups is 1. The fourth-order valence-electron chi connectivity index (χ4n) is 6.28. The molecule has 0 aliphatic carbocycles. The Kier molecular flexibility index (Phi) is 12.4. The Hall–Kier alpha value is -6.76. The molecule has 6 aromatic rings. The molecule has 6 rings (SSSR count). The number of benzene rings is 5. The van der Waals surface area contributed by atoms with Crippen LogP contribution < -0.4 is 26.4 Å². The third-order valence-electron chi connectivity index (χ3n) is 8.85. The third kappa shape index (κ3) is 7.21. The van der Waals surface area contributed by atoms with Gasteiger partial charge in [-0.3, -0.25) is 0 Å². The average Bonchev–Trinajstić information content (AvgIpc) is 3.24. The zero-order valence-electron chi connectivity index (χ0n) is 28.6. The van der Waals surface area contributed by atoms with E-state index in [1.807, 2.05) is 30.3 Å². The highest BCUT2D eigenvalue weighted by molar-refractivity contribution is 7.20. The van der Waals surface area contributed by atoms with E-state index in [9.17, 15) is 62.8 Å². The minimum atomic E-state index is -7.22. The second-order valence-electron chi connectivity index (χ2n) is 12.1. The molecule has 320 valence electrons. The summed E-state index contributed by atoms with van der Waals surface area (Å²) < 4.78 is 296. The van der Waals surface area contributed by atoms with Crippen LogP contribution in [0, 0.1) is 126 Å². The molecule has 0 amide bonds. The van der Waals surface area contributed by atoms with Crippen molar-refractivity contribution in [3.8, 4) is 0 Å². The lowest BCUT2D eigenvalue weighted by Gasteiger charge is -2.44. The van der Waals surface area contributed by atoms with Gasteiger partial charge in [0.1, 0.15) is 52.7 Å². The fraction of sp³-hybridized carbons (Fsp3) is 0.0286. The zero-order chi connectivity index (χ0) is 45.7. The first kappa shape index (κ1) is 45.3. The molecular formula is C35H10BF20N3O2. The van der Waals surface area contributed by atoms with Gasteiger partial charge < -0.3 is 10.1 Å². The monoisotopic (exact) mass is 895 g/mol. The molecule has 0 radical (unpaired) electrons. The Balaban J connectivity index is 0.000000366. The number of hydrogen-bond donors (Lipinski definition) is 0. The highest BCUT2D eigenvalue weighted by atomic mass is 19.2. The van der Waals surface area contributed by atoms with Gasteiger partial charge in [-0.25, -0.2) is 87.8 Å². The number of rotatable bonds is 7. The highest BCUT2D eigenvalue weighted by Gasteiger charge is 2.52. The van der Waals surface area contributed by atoms with Crippen LogP contribution in [-0.4, -0.2) is 16.1 Å². The Morgan fingerprint density at radius 3 is 0.967 bits per heavy atom. The van der Waals surface area contributed by atoms with E-state index >= 15 is 35.1 Å². The summed E-state index contributed by atoms with van der Waals surface area (Å²) in [5.74, 6) is -71.5. The maximum absolute atomic E-state index is 15.4. The molecule has 0 saturated heterocycles. The first-order valence-corrected chi connectivity index (χ1v) is 15.7. The average molecular weight is 895 g/mol. The van der Waals surface area contributed by atoms with Crippen LogP contribution >= 0.6 is 0 Å². The van der Waals surface area contributed by atoms with E-state index in [0.29, 0.717) is 6.54 Å². The van der Waals surface area contributed by atoms with Gasteiger partial charge in [0.2, 0.25) is 12.4 Å². The van der Waals surface area contributed by atoms with Crippen LogP contribution in [0.4, 0.5) is 93.6 Å². The lowest BCUT2D eigenvalue weighted by atomic mass is 9.12. The molecule has 1 aromatic heterocycles. The van der Waals surface area contributed by atoms with Crippen LogP contribution in [-0.2, 0) is 6.54 Å². The summed E-state index contributed by atoms with van der Waals surface area (Å²) in [7, 11) is 0. The Bertz CT molecular complexity index is 2390. The standard InChI is InChI=1S/C24BF20.C11H10N3O2/c26-5-1(6(27)14(35)21(42)13(5)34)25(2-7(28)15(36)22(43)16(37)8(2)29,3-9(30)17(38)23(44)18(39)10(3)31)4-11(32)19(40)24(45)20(41)12(4)33;15-14(16)11-9-13(7-6-12-11)8-10-4-2-1-3-5-10/h;1-7,9H,8H2/q-1;+1. The summed E-state index contributed by atoms with van der Waals surface area (Å²) in [5, 5.41) is 10.5. The van der Waals surface area contributed by atoms with Crippen molar-refractivity contribution < 1.29 is 97.3 Å². The van der Waals surface area contributed by atoms with Crippen LogP contribution in [0.3, 0.4) is 0 Å². The summed E-state index contributed by atoms with van der Waals surface area (Å²) in [5.41, 5.74) is -13.2. The van der Waals surface area contributed by atoms with E-state index in [1.54, 1.807) is 10.8 Å². The van der Waals surface area contributed by atoms with Crippen molar-refractivity contribution >= 4 is 33.8 Å². The lowest BCUT2D eigenvalue weighted by Crippen LogP contribution is -2.81. The normalized spacial score (nSPS) is 11.5. The second-order valence-corrected chi connectivity index (χ2v) is 12.1. The SMILES string of the molecule is Fc1c(F)c(F)c([B-](c2c(F)c(F)c(F)c(F)c2F)(c2c(F)c(F)c(F)c(F)c2F)c2c(F)c(F)c(F)c(F)c2F)c(F)c1F.O=[N+]([O-])c1c[n+](Cc2ccccc2)ccn1. The fourth-order valence-corrected chi connectivity index (χ4v) is 6.28. The smallest absolute Gasteiger partial charge is 0.358 e. The summed E-state index contributed by atoms with van der Waals surface area (Å²) >= 11 is 0. The van der Waals surface area contributed by atoms with E-state index in [4.69, 9.17) is 0 Å². The van der Waals surface area contributed by atoms with Crippen molar-refractivity contribution in [2.45, 2.75) is 6.54 Å². The number of halogens is 20. The predicted octanol–water partition coefficient (Wildman–Crippen LogP) is 7.17. The summed E-state index contributed by atoms with van der Waals surface area (Å²) in [6, 6.07) is 9.75. The molecule has 0 fully saturated rings. The van der Waals surface area contributed by atoms with Crippen molar-refractivity contribution in [3.05, 3.63) is 181 Å². The van der Waals surface area contributed by atoms with E-state index in [2.05, 4.69) is 4.98 Å². The van der Waals surface area contributed by atoms with Gasteiger partial charge in [-0.2, -0.15) is 4.57 Å². The first-order valence-electron chi connectivity index (χ1n) is 15.7. The van der Waals surface area contributed by atoms with Crippen LogP contribution in [0.15, 0.2) is 48.9 Å². The molecule has 5 nitrogen and oxygen atoms in total. The second kappa shape index (κ2) is 16.7. The van der Waals surface area contributed by atoms with E-state index in [1.165, 1.54) is 12.4 Å². The van der Waals surface area contributed by atoms with Gasteiger partial charge in [0.15, 0.2) is 76.4 Å². The largest absolute Gasteiger partial charge is 0.428 e. The number of nitrogens with zero attached hydrogens (tertiary/aromatic N) is 3. The van der Waals surface area contributed by atoms with Gasteiger partial charge in [-0.05, 0) is 9.91 Å². The molecule has 1 heterocycles. The molecule has 26 heteroatoms.